The number of hydrogen-bond donors (Lipinski definition) is 0. The molecule has 0 spiro atoms. The molecule has 5 nitrogen and oxygen atoms in total. The van der Waals surface area contributed by atoms with Gasteiger partial charge in [0.15, 0.2) is 23.1 Å². The van der Waals surface area contributed by atoms with Gasteiger partial charge in [-0.25, -0.2) is 0 Å². The van der Waals surface area contributed by atoms with Crippen molar-refractivity contribution in [1.82, 2.24) is 4.90 Å². The van der Waals surface area contributed by atoms with Crippen LogP contribution in [0.2, 0.25) is 0 Å². The van der Waals surface area contributed by atoms with Gasteiger partial charge >= 0.3 is 0 Å². The van der Waals surface area contributed by atoms with Crippen LogP contribution in [0.15, 0.2) is 77.1 Å². The minimum Gasteiger partial charge on any atom is -0.490 e. The molecule has 6 rings (SSSR count). The van der Waals surface area contributed by atoms with Gasteiger partial charge in [0.25, 0.3) is 0 Å². The fourth-order valence-corrected chi connectivity index (χ4v) is 7.55. The van der Waals surface area contributed by atoms with Gasteiger partial charge in [0.1, 0.15) is 6.61 Å². The molecule has 0 aromatic heterocycles. The van der Waals surface area contributed by atoms with Crippen LogP contribution in [0.3, 0.4) is 0 Å². The summed E-state index contributed by atoms with van der Waals surface area (Å²) >= 11 is 2.31. The summed E-state index contributed by atoms with van der Waals surface area (Å²) in [5.74, 6) is 1.34. The number of halogens is 1. The highest BCUT2D eigenvalue weighted by molar-refractivity contribution is 14.1. The third-order valence-electron chi connectivity index (χ3n) is 8.45. The lowest BCUT2D eigenvalue weighted by Crippen LogP contribution is -2.39. The Morgan fingerprint density at radius 2 is 1.54 bits per heavy atom. The number of nitrogens with zero attached hydrogens (tertiary/aromatic N) is 1. The van der Waals surface area contributed by atoms with Crippen LogP contribution in [0.4, 0.5) is 0 Å². The van der Waals surface area contributed by atoms with Gasteiger partial charge < -0.3 is 14.4 Å². The Balaban J connectivity index is 1.44. The number of allylic oxidation sites excluding steroid dienone is 4. The third kappa shape index (κ3) is 5.20. The summed E-state index contributed by atoms with van der Waals surface area (Å²) < 4.78 is 13.5. The van der Waals surface area contributed by atoms with Crippen molar-refractivity contribution in [3.8, 4) is 11.5 Å². The van der Waals surface area contributed by atoms with Crippen molar-refractivity contribution in [2.45, 2.75) is 71.3 Å². The summed E-state index contributed by atoms with van der Waals surface area (Å²) in [6.07, 6.45) is 5.53. The molecule has 2 aliphatic carbocycles. The molecule has 0 saturated heterocycles. The number of benzene rings is 3. The number of carbonyl (C=O) groups excluding carboxylic acids is 2. The first-order chi connectivity index (χ1) is 20.0. The van der Waals surface area contributed by atoms with Crippen molar-refractivity contribution in [2.75, 3.05) is 13.2 Å². The van der Waals surface area contributed by atoms with Gasteiger partial charge in [0.2, 0.25) is 0 Å². The Bertz CT molecular complexity index is 1540. The van der Waals surface area contributed by atoms with Crippen molar-refractivity contribution < 1.29 is 19.1 Å². The summed E-state index contributed by atoms with van der Waals surface area (Å²) in [6, 6.07) is 18.7. The van der Waals surface area contributed by atoms with Gasteiger partial charge in [-0.05, 0) is 95.7 Å². The standard InChI is InChI=1S/C35H36INO4/c1-3-18-37-27-14-8-16-29(38)33(27)32(34-28(37)15-9-17-30(34)39)24-19-26(36)35(31(20-24)40-4-2)41-21-23-12-7-11-22-10-5-6-13-25(22)23/h5-7,10-13,19-20,32H,3-4,8-9,14-18,21H2,1-2H3. The van der Waals surface area contributed by atoms with E-state index >= 15 is 0 Å². The summed E-state index contributed by atoms with van der Waals surface area (Å²) in [7, 11) is 0. The molecule has 0 amide bonds. The van der Waals surface area contributed by atoms with Crippen LogP contribution in [0, 0.1) is 3.57 Å². The van der Waals surface area contributed by atoms with Crippen molar-refractivity contribution in [1.29, 1.82) is 0 Å². The highest BCUT2D eigenvalue weighted by Crippen LogP contribution is 2.50. The van der Waals surface area contributed by atoms with Crippen molar-refractivity contribution in [3.05, 3.63) is 91.8 Å². The lowest BCUT2D eigenvalue weighted by atomic mass is 9.71. The molecule has 0 bridgehead atoms. The molecular weight excluding hydrogens is 625 g/mol. The highest BCUT2D eigenvalue weighted by atomic mass is 127. The van der Waals surface area contributed by atoms with E-state index in [0.29, 0.717) is 37.6 Å². The normalized spacial score (nSPS) is 17.7. The van der Waals surface area contributed by atoms with E-state index < -0.39 is 0 Å². The molecule has 6 heteroatoms. The lowest BCUT2D eigenvalue weighted by Gasteiger charge is -2.44. The molecule has 0 atom stereocenters. The minimum atomic E-state index is -0.353. The Morgan fingerprint density at radius 1 is 0.854 bits per heavy atom. The molecule has 1 heterocycles. The first-order valence-electron chi connectivity index (χ1n) is 14.9. The number of Topliss-reactive ketones (excluding diaryl/α,β-unsaturated/α-hetero) is 2. The van der Waals surface area contributed by atoms with E-state index in [0.717, 1.165) is 75.9 Å². The van der Waals surface area contributed by atoms with E-state index in [2.05, 4.69) is 70.8 Å². The largest absolute Gasteiger partial charge is 0.490 e. The Morgan fingerprint density at radius 3 is 2.22 bits per heavy atom. The zero-order valence-electron chi connectivity index (χ0n) is 23.8. The first kappa shape index (κ1) is 28.0. The third-order valence-corrected chi connectivity index (χ3v) is 9.25. The molecular formula is C35H36INO4. The van der Waals surface area contributed by atoms with E-state index in [1.807, 2.05) is 25.1 Å². The lowest BCUT2D eigenvalue weighted by molar-refractivity contribution is -0.117. The van der Waals surface area contributed by atoms with Crippen molar-refractivity contribution >= 4 is 44.9 Å². The first-order valence-corrected chi connectivity index (χ1v) is 15.9. The quantitative estimate of drug-likeness (QED) is 0.228. The van der Waals surface area contributed by atoms with Crippen LogP contribution < -0.4 is 9.47 Å². The second-order valence-electron chi connectivity index (χ2n) is 11.0. The topological polar surface area (TPSA) is 55.8 Å². The molecule has 3 aromatic carbocycles. The highest BCUT2D eigenvalue weighted by Gasteiger charge is 2.43. The molecule has 1 aliphatic heterocycles. The fraction of sp³-hybridized carbons (Fsp3) is 0.371. The van der Waals surface area contributed by atoms with E-state index in [-0.39, 0.29) is 17.5 Å². The smallest absolute Gasteiger partial charge is 0.174 e. The maximum absolute atomic E-state index is 13.6. The predicted molar refractivity (Wildman–Crippen MR) is 170 cm³/mol. The van der Waals surface area contributed by atoms with E-state index in [1.165, 1.54) is 10.8 Å². The molecule has 0 unspecified atom stereocenters. The maximum atomic E-state index is 13.6. The predicted octanol–water partition coefficient (Wildman–Crippen LogP) is 8.25. The van der Waals surface area contributed by atoms with Crippen LogP contribution in [0.25, 0.3) is 10.8 Å². The van der Waals surface area contributed by atoms with Crippen molar-refractivity contribution in [3.63, 3.8) is 0 Å². The van der Waals surface area contributed by atoms with Crippen LogP contribution in [-0.2, 0) is 16.2 Å². The second-order valence-corrected chi connectivity index (χ2v) is 12.2. The second kappa shape index (κ2) is 12.0. The van der Waals surface area contributed by atoms with Crippen LogP contribution in [0.1, 0.15) is 75.8 Å². The molecule has 3 aliphatic rings. The number of rotatable bonds is 8. The van der Waals surface area contributed by atoms with Gasteiger partial charge in [-0.1, -0.05) is 49.4 Å². The maximum Gasteiger partial charge on any atom is 0.174 e. The summed E-state index contributed by atoms with van der Waals surface area (Å²) in [4.78, 5) is 29.5. The zero-order valence-corrected chi connectivity index (χ0v) is 26.0. The van der Waals surface area contributed by atoms with Crippen molar-refractivity contribution in [2.24, 2.45) is 0 Å². The SMILES string of the molecule is CCCN1C2=C(C(=O)CCC2)C(c2cc(I)c(OCc3cccc4ccccc34)c(OCC)c2)C2=C1CCCC2=O. The van der Waals surface area contributed by atoms with Gasteiger partial charge in [0.05, 0.1) is 10.2 Å². The molecule has 0 saturated carbocycles. The summed E-state index contributed by atoms with van der Waals surface area (Å²) in [5.41, 5.74) is 5.95. The monoisotopic (exact) mass is 661 g/mol. The Kier molecular flexibility index (Phi) is 8.20. The minimum absolute atomic E-state index is 0.173. The Labute approximate surface area is 255 Å². The molecule has 0 N–H and O–H groups in total. The van der Waals surface area contributed by atoms with Gasteiger partial charge in [-0.15, -0.1) is 0 Å². The van der Waals surface area contributed by atoms with Crippen LogP contribution >= 0.6 is 22.6 Å². The molecule has 0 radical (unpaired) electrons. The fourth-order valence-electron chi connectivity index (χ4n) is 6.77. The molecule has 41 heavy (non-hydrogen) atoms. The van der Waals surface area contributed by atoms with E-state index in [1.54, 1.807) is 0 Å². The van der Waals surface area contributed by atoms with Gasteiger partial charge in [-0.3, -0.25) is 9.59 Å². The zero-order chi connectivity index (χ0) is 28.5. The van der Waals surface area contributed by atoms with Gasteiger partial charge in [0, 0.05) is 47.8 Å². The van der Waals surface area contributed by atoms with Crippen LogP contribution in [0.5, 0.6) is 11.5 Å². The number of ketones is 2. The Hall–Kier alpha value is -3.13. The number of fused-ring (bicyclic) bond motifs is 1. The van der Waals surface area contributed by atoms with Gasteiger partial charge in [-0.2, -0.15) is 0 Å². The average molecular weight is 662 g/mol. The molecule has 212 valence electrons. The summed E-state index contributed by atoms with van der Waals surface area (Å²) in [6.45, 7) is 5.86. The number of hydrogen-bond acceptors (Lipinski definition) is 5. The average Bonchev–Trinajstić information content (AvgIpc) is 2.97. The number of carbonyl (C=O) groups is 2. The summed E-state index contributed by atoms with van der Waals surface area (Å²) in [5, 5.41) is 2.35. The number of ether oxygens (including phenoxy) is 2. The van der Waals surface area contributed by atoms with Crippen LogP contribution in [-0.4, -0.2) is 29.6 Å². The van der Waals surface area contributed by atoms with E-state index in [9.17, 15) is 9.59 Å². The van der Waals surface area contributed by atoms with E-state index in [4.69, 9.17) is 9.47 Å². The molecule has 0 fully saturated rings. The molecule has 3 aromatic rings.